The van der Waals surface area contributed by atoms with E-state index in [0.29, 0.717) is 17.1 Å². The first kappa shape index (κ1) is 24.8. The number of fused-ring (bicyclic) bond motifs is 1. The minimum atomic E-state index is -0.503. The topological polar surface area (TPSA) is 89.2 Å². The van der Waals surface area contributed by atoms with Crippen molar-refractivity contribution in [1.29, 1.82) is 0 Å². The third kappa shape index (κ3) is 4.64. The number of para-hydroxylation sites is 1. The molecule has 1 aromatic heterocycles. The number of nitrogens with two attached hydrogens (primary N) is 1. The van der Waals surface area contributed by atoms with Crippen molar-refractivity contribution in [2.45, 2.75) is 63.1 Å². The molecule has 2 amide bonds. The number of rotatable bonds is 5. The minimum Gasteiger partial charge on any atom is -0.353 e. The Morgan fingerprint density at radius 2 is 1.78 bits per heavy atom. The van der Waals surface area contributed by atoms with Crippen molar-refractivity contribution in [3.05, 3.63) is 70.9 Å². The number of aryl methyl sites for hydroxylation is 1. The fourth-order valence-corrected chi connectivity index (χ4v) is 6.40. The number of aromatic nitrogens is 1. The van der Waals surface area contributed by atoms with E-state index in [1.165, 1.54) is 0 Å². The van der Waals surface area contributed by atoms with Gasteiger partial charge in [-0.3, -0.25) is 9.59 Å². The highest BCUT2D eigenvalue weighted by Crippen LogP contribution is 2.42. The van der Waals surface area contributed by atoms with Crippen LogP contribution in [0, 0.1) is 11.8 Å². The zero-order chi connectivity index (χ0) is 25.4. The number of carbonyl (C=O) groups excluding carboxylic acids is 2. The first-order valence-corrected chi connectivity index (χ1v) is 13.3. The third-order valence-electron chi connectivity index (χ3n) is 8.43. The quantitative estimate of drug-likeness (QED) is 0.460. The molecule has 2 unspecified atom stereocenters. The van der Waals surface area contributed by atoms with E-state index < -0.39 is 5.54 Å². The first-order valence-electron chi connectivity index (χ1n) is 13.0. The Morgan fingerprint density at radius 1 is 1.06 bits per heavy atom. The van der Waals surface area contributed by atoms with Crippen LogP contribution in [0.5, 0.6) is 0 Å². The highest BCUT2D eigenvalue weighted by molar-refractivity contribution is 6.30. The number of amides is 2. The number of nitrogens with zero attached hydrogens (tertiary/aromatic N) is 1. The van der Waals surface area contributed by atoms with Gasteiger partial charge >= 0.3 is 0 Å². The molecule has 0 spiro atoms. The maximum atomic E-state index is 13.5. The van der Waals surface area contributed by atoms with Crippen molar-refractivity contribution in [3.8, 4) is 0 Å². The van der Waals surface area contributed by atoms with Gasteiger partial charge in [0.05, 0.1) is 5.92 Å². The Bertz CT molecular complexity index is 1270. The largest absolute Gasteiger partial charge is 0.353 e. The summed E-state index contributed by atoms with van der Waals surface area (Å²) < 4.78 is 1.92. The second-order valence-corrected chi connectivity index (χ2v) is 11.1. The van der Waals surface area contributed by atoms with E-state index >= 15 is 0 Å². The van der Waals surface area contributed by atoms with E-state index in [1.807, 2.05) is 66.2 Å². The Morgan fingerprint density at radius 3 is 2.53 bits per heavy atom. The first-order chi connectivity index (χ1) is 17.3. The molecule has 0 aliphatic heterocycles. The Balaban J connectivity index is 1.26. The molecule has 6 nitrogen and oxygen atoms in total. The fraction of sp³-hybridized carbons (Fsp3) is 0.448. The summed E-state index contributed by atoms with van der Waals surface area (Å²) in [6.07, 6.45) is 5.09. The number of benzene rings is 2. The highest BCUT2D eigenvalue weighted by Gasteiger charge is 2.44. The van der Waals surface area contributed by atoms with Crippen LogP contribution in [-0.4, -0.2) is 28.5 Å². The van der Waals surface area contributed by atoms with Crippen LogP contribution >= 0.6 is 11.6 Å². The summed E-state index contributed by atoms with van der Waals surface area (Å²) in [4.78, 5) is 26.7. The van der Waals surface area contributed by atoms with Crippen molar-refractivity contribution in [1.82, 2.24) is 15.2 Å². The lowest BCUT2D eigenvalue weighted by molar-refractivity contribution is -0.127. The molecular formula is C29H35ClN4O2. The third-order valence-corrected chi connectivity index (χ3v) is 8.69. The van der Waals surface area contributed by atoms with Gasteiger partial charge in [0.1, 0.15) is 5.69 Å². The average Bonchev–Trinajstić information content (AvgIpc) is 3.36. The molecule has 7 heteroatoms. The molecule has 2 saturated carbocycles. The van der Waals surface area contributed by atoms with Crippen molar-refractivity contribution in [3.63, 3.8) is 0 Å². The summed E-state index contributed by atoms with van der Waals surface area (Å²) in [5.41, 5.74) is 9.04. The van der Waals surface area contributed by atoms with Gasteiger partial charge in [-0.1, -0.05) is 61.7 Å². The molecular weight excluding hydrogens is 472 g/mol. The predicted molar refractivity (Wildman–Crippen MR) is 144 cm³/mol. The molecule has 2 aromatic carbocycles. The number of nitrogens with one attached hydrogen (secondary N) is 2. The van der Waals surface area contributed by atoms with Gasteiger partial charge in [-0.25, -0.2) is 0 Å². The van der Waals surface area contributed by atoms with Gasteiger partial charge in [0.2, 0.25) is 5.91 Å². The highest BCUT2D eigenvalue weighted by atomic mass is 35.5. The van der Waals surface area contributed by atoms with Crippen molar-refractivity contribution >= 4 is 34.3 Å². The molecule has 2 aliphatic rings. The second kappa shape index (κ2) is 9.91. The number of halogens is 1. The van der Waals surface area contributed by atoms with Crippen molar-refractivity contribution < 1.29 is 9.59 Å². The molecule has 5 atom stereocenters. The van der Waals surface area contributed by atoms with Crippen molar-refractivity contribution in [2.24, 2.45) is 24.6 Å². The van der Waals surface area contributed by atoms with Crippen LogP contribution < -0.4 is 16.4 Å². The monoisotopic (exact) mass is 506 g/mol. The molecule has 0 radical (unpaired) electrons. The molecule has 1 heterocycles. The number of hydrogen-bond acceptors (Lipinski definition) is 3. The molecule has 3 aromatic rings. The number of hydrogen-bond donors (Lipinski definition) is 3. The van der Waals surface area contributed by atoms with Gasteiger partial charge in [0.15, 0.2) is 0 Å². The SMILES string of the molecule is CC1C[C@H](NC(=O)[C@@H]2CCCC[C@@H]2NC(=O)c2cc3ccccc3n2C)CC1(N)c1ccc(Cl)cc1. The molecule has 4 N–H and O–H groups in total. The van der Waals surface area contributed by atoms with E-state index in [0.717, 1.165) is 48.6 Å². The lowest BCUT2D eigenvalue weighted by atomic mass is 9.82. The van der Waals surface area contributed by atoms with E-state index in [4.69, 9.17) is 17.3 Å². The summed E-state index contributed by atoms with van der Waals surface area (Å²) in [7, 11) is 1.91. The van der Waals surface area contributed by atoms with Crippen molar-refractivity contribution in [2.75, 3.05) is 0 Å². The molecule has 0 saturated heterocycles. The smallest absolute Gasteiger partial charge is 0.268 e. The van der Waals surface area contributed by atoms with Gasteiger partial charge in [0, 0.05) is 40.6 Å². The minimum absolute atomic E-state index is 0.00429. The average molecular weight is 507 g/mol. The van der Waals surface area contributed by atoms with Crippen LogP contribution in [-0.2, 0) is 17.4 Å². The summed E-state index contributed by atoms with van der Waals surface area (Å²) in [6.45, 7) is 2.15. The Hall–Kier alpha value is -2.83. The molecule has 2 aliphatic carbocycles. The summed E-state index contributed by atoms with van der Waals surface area (Å²) >= 11 is 6.07. The van der Waals surface area contributed by atoms with Gasteiger partial charge in [-0.15, -0.1) is 0 Å². The molecule has 5 rings (SSSR count). The molecule has 190 valence electrons. The van der Waals surface area contributed by atoms with Crippen LogP contribution in [0.3, 0.4) is 0 Å². The normalized spacial score (nSPS) is 28.2. The Kier molecular flexibility index (Phi) is 6.84. The van der Waals surface area contributed by atoms with E-state index in [1.54, 1.807) is 0 Å². The van der Waals surface area contributed by atoms with E-state index in [9.17, 15) is 9.59 Å². The van der Waals surface area contributed by atoms with Gasteiger partial charge in [-0.2, -0.15) is 0 Å². The van der Waals surface area contributed by atoms with Gasteiger partial charge in [-0.05, 0) is 61.4 Å². The lowest BCUT2D eigenvalue weighted by Gasteiger charge is -2.32. The second-order valence-electron chi connectivity index (χ2n) is 10.7. The van der Waals surface area contributed by atoms with Crippen LogP contribution in [0.4, 0.5) is 0 Å². The van der Waals surface area contributed by atoms with E-state index in [-0.39, 0.29) is 35.7 Å². The van der Waals surface area contributed by atoms with Gasteiger partial charge < -0.3 is 20.9 Å². The predicted octanol–water partition coefficient (Wildman–Crippen LogP) is 4.89. The zero-order valence-corrected chi connectivity index (χ0v) is 21.7. The number of carbonyl (C=O) groups is 2. The Labute approximate surface area is 217 Å². The van der Waals surface area contributed by atoms with Crippen LogP contribution in [0.15, 0.2) is 54.6 Å². The maximum Gasteiger partial charge on any atom is 0.268 e. The van der Waals surface area contributed by atoms with Crippen LogP contribution in [0.2, 0.25) is 5.02 Å². The zero-order valence-electron chi connectivity index (χ0n) is 21.0. The standard InChI is InChI=1S/C29H35ClN4O2/c1-18-15-22(17-29(18,31)20-11-13-21(30)14-12-20)32-27(35)23-8-4-5-9-24(23)33-28(36)26-16-19-7-3-6-10-25(19)34(26)2/h3,6-7,10-14,16,18,22-24H,4-5,8-9,15,17,31H2,1-2H3,(H,32,35)(H,33,36)/t18?,22-,23+,24-,29?/m0/s1. The van der Waals surface area contributed by atoms with Crippen LogP contribution in [0.25, 0.3) is 10.9 Å². The molecule has 0 bridgehead atoms. The molecule has 2 fully saturated rings. The summed E-state index contributed by atoms with van der Waals surface area (Å²) in [6, 6.07) is 17.4. The summed E-state index contributed by atoms with van der Waals surface area (Å²) in [5, 5.41) is 8.20. The molecule has 36 heavy (non-hydrogen) atoms. The summed E-state index contributed by atoms with van der Waals surface area (Å²) in [5.74, 6) is -0.125. The lowest BCUT2D eigenvalue weighted by Crippen LogP contribution is -2.50. The van der Waals surface area contributed by atoms with Gasteiger partial charge in [0.25, 0.3) is 5.91 Å². The van der Waals surface area contributed by atoms with E-state index in [2.05, 4.69) is 17.6 Å². The maximum absolute atomic E-state index is 13.5. The van der Waals surface area contributed by atoms with Crippen LogP contribution in [0.1, 0.15) is 61.5 Å². The fourth-order valence-electron chi connectivity index (χ4n) is 6.28.